The van der Waals surface area contributed by atoms with Gasteiger partial charge < -0.3 is 16.4 Å². The molecule has 0 bridgehead atoms. The summed E-state index contributed by atoms with van der Waals surface area (Å²) < 4.78 is 2.00. The number of hydrogen-bond donors (Lipinski definition) is 3. The lowest BCUT2D eigenvalue weighted by Gasteiger charge is -2.15. The molecule has 102 valence electrons. The summed E-state index contributed by atoms with van der Waals surface area (Å²) in [6.45, 7) is 10.4. The van der Waals surface area contributed by atoms with E-state index < -0.39 is 6.03 Å². The van der Waals surface area contributed by atoms with Crippen LogP contribution in [0.25, 0.3) is 0 Å². The number of aromatic nitrogens is 2. The van der Waals surface area contributed by atoms with E-state index in [2.05, 4.69) is 36.5 Å². The first-order valence-electron chi connectivity index (χ1n) is 6.28. The molecule has 1 atom stereocenters. The Bertz CT molecular complexity index is 413. The highest BCUT2D eigenvalue weighted by Crippen LogP contribution is 2.20. The summed E-state index contributed by atoms with van der Waals surface area (Å²) in [6, 6.07) is -0.282. The van der Waals surface area contributed by atoms with Gasteiger partial charge in [0.05, 0.1) is 5.69 Å². The van der Waals surface area contributed by atoms with Crippen LogP contribution in [0.5, 0.6) is 0 Å². The van der Waals surface area contributed by atoms with Gasteiger partial charge in [0.1, 0.15) is 0 Å². The molecule has 1 heterocycles. The molecule has 18 heavy (non-hydrogen) atoms. The van der Waals surface area contributed by atoms with Crippen molar-refractivity contribution in [3.05, 3.63) is 17.0 Å². The van der Waals surface area contributed by atoms with Crippen LogP contribution in [-0.2, 0) is 6.54 Å². The molecule has 6 heteroatoms. The van der Waals surface area contributed by atoms with Gasteiger partial charge >= 0.3 is 6.03 Å². The highest BCUT2D eigenvalue weighted by Gasteiger charge is 2.16. The van der Waals surface area contributed by atoms with Crippen molar-refractivity contribution in [3.8, 4) is 0 Å². The van der Waals surface area contributed by atoms with Gasteiger partial charge in [-0.3, -0.25) is 4.68 Å². The number of carbonyl (C=O) groups is 1. The highest BCUT2D eigenvalue weighted by molar-refractivity contribution is 5.71. The van der Waals surface area contributed by atoms with E-state index in [0.29, 0.717) is 13.1 Å². The van der Waals surface area contributed by atoms with Gasteiger partial charge in [-0.05, 0) is 27.7 Å². The van der Waals surface area contributed by atoms with Crippen LogP contribution in [0.2, 0.25) is 0 Å². The SMILES string of the molecule is CCn1nc(C)c(C(C)NCCNC(N)=O)c1C. The lowest BCUT2D eigenvalue weighted by molar-refractivity contribution is 0.249. The normalized spacial score (nSPS) is 12.4. The van der Waals surface area contributed by atoms with E-state index in [1.807, 2.05) is 11.6 Å². The molecule has 6 nitrogen and oxygen atoms in total. The summed E-state index contributed by atoms with van der Waals surface area (Å²) in [5, 5.41) is 10.4. The summed E-state index contributed by atoms with van der Waals surface area (Å²) in [7, 11) is 0. The summed E-state index contributed by atoms with van der Waals surface area (Å²) in [5.41, 5.74) is 8.48. The third kappa shape index (κ3) is 3.46. The van der Waals surface area contributed by atoms with Gasteiger partial charge in [-0.2, -0.15) is 5.10 Å². The molecule has 0 aliphatic heterocycles. The van der Waals surface area contributed by atoms with Crippen LogP contribution in [0.15, 0.2) is 0 Å². The zero-order chi connectivity index (χ0) is 13.7. The molecular formula is C12H23N5O. The van der Waals surface area contributed by atoms with E-state index in [9.17, 15) is 4.79 Å². The Morgan fingerprint density at radius 2 is 2.11 bits per heavy atom. The number of nitrogens with zero attached hydrogens (tertiary/aromatic N) is 2. The fourth-order valence-electron chi connectivity index (χ4n) is 2.22. The van der Waals surface area contributed by atoms with Gasteiger partial charge in [0.25, 0.3) is 0 Å². The van der Waals surface area contributed by atoms with Crippen molar-refractivity contribution < 1.29 is 4.79 Å². The van der Waals surface area contributed by atoms with Crippen LogP contribution in [0.4, 0.5) is 4.79 Å². The minimum Gasteiger partial charge on any atom is -0.352 e. The average molecular weight is 253 g/mol. The Hall–Kier alpha value is -1.56. The number of amides is 2. The van der Waals surface area contributed by atoms with Crippen molar-refractivity contribution in [2.75, 3.05) is 13.1 Å². The van der Waals surface area contributed by atoms with Crippen LogP contribution < -0.4 is 16.4 Å². The molecule has 0 saturated carbocycles. The minimum absolute atomic E-state index is 0.208. The number of urea groups is 1. The maximum atomic E-state index is 10.5. The number of rotatable bonds is 6. The lowest BCUT2D eigenvalue weighted by atomic mass is 10.1. The second-order valence-corrected chi connectivity index (χ2v) is 4.37. The van der Waals surface area contributed by atoms with Crippen LogP contribution >= 0.6 is 0 Å². The number of carbonyl (C=O) groups excluding carboxylic acids is 1. The third-order valence-electron chi connectivity index (χ3n) is 3.04. The van der Waals surface area contributed by atoms with Crippen LogP contribution in [-0.4, -0.2) is 28.9 Å². The Morgan fingerprint density at radius 1 is 1.44 bits per heavy atom. The summed E-state index contributed by atoms with van der Waals surface area (Å²) >= 11 is 0. The van der Waals surface area contributed by atoms with E-state index >= 15 is 0 Å². The van der Waals surface area contributed by atoms with Crippen molar-refractivity contribution in [2.45, 2.75) is 40.3 Å². The first-order chi connectivity index (χ1) is 8.47. The van der Waals surface area contributed by atoms with E-state index in [1.165, 1.54) is 11.3 Å². The number of aryl methyl sites for hydroxylation is 2. The first kappa shape index (κ1) is 14.5. The summed E-state index contributed by atoms with van der Waals surface area (Å²) in [5.74, 6) is 0. The summed E-state index contributed by atoms with van der Waals surface area (Å²) in [6.07, 6.45) is 0. The second kappa shape index (κ2) is 6.39. The quantitative estimate of drug-likeness (QED) is 0.657. The van der Waals surface area contributed by atoms with Crippen molar-refractivity contribution in [1.82, 2.24) is 20.4 Å². The predicted octanol–water partition coefficient (Wildman–Crippen LogP) is 0.839. The second-order valence-electron chi connectivity index (χ2n) is 4.37. The van der Waals surface area contributed by atoms with Gasteiger partial charge in [0.15, 0.2) is 0 Å². The molecule has 0 saturated heterocycles. The molecule has 2 amide bonds. The smallest absolute Gasteiger partial charge is 0.312 e. The van der Waals surface area contributed by atoms with E-state index in [4.69, 9.17) is 5.73 Å². The molecule has 0 aliphatic carbocycles. The molecule has 0 aromatic carbocycles. The van der Waals surface area contributed by atoms with Gasteiger partial charge in [-0.15, -0.1) is 0 Å². The molecule has 0 spiro atoms. The van der Waals surface area contributed by atoms with Crippen molar-refractivity contribution in [2.24, 2.45) is 5.73 Å². The number of hydrogen-bond acceptors (Lipinski definition) is 3. The average Bonchev–Trinajstić information content (AvgIpc) is 2.59. The molecular weight excluding hydrogens is 230 g/mol. The number of nitrogens with two attached hydrogens (primary N) is 1. The van der Waals surface area contributed by atoms with Gasteiger partial charge in [-0.1, -0.05) is 0 Å². The van der Waals surface area contributed by atoms with Crippen LogP contribution in [0.3, 0.4) is 0 Å². The van der Waals surface area contributed by atoms with Crippen molar-refractivity contribution in [1.29, 1.82) is 0 Å². The molecule has 4 N–H and O–H groups in total. The van der Waals surface area contributed by atoms with E-state index in [-0.39, 0.29) is 6.04 Å². The fraction of sp³-hybridized carbons (Fsp3) is 0.667. The van der Waals surface area contributed by atoms with Gasteiger partial charge in [0, 0.05) is 36.9 Å². The van der Waals surface area contributed by atoms with Crippen LogP contribution in [0.1, 0.15) is 36.8 Å². The van der Waals surface area contributed by atoms with Gasteiger partial charge in [0.2, 0.25) is 0 Å². The Morgan fingerprint density at radius 3 is 2.61 bits per heavy atom. The molecule has 0 radical (unpaired) electrons. The maximum Gasteiger partial charge on any atom is 0.312 e. The van der Waals surface area contributed by atoms with Gasteiger partial charge in [-0.25, -0.2) is 4.79 Å². The highest BCUT2D eigenvalue weighted by atomic mass is 16.2. The first-order valence-corrected chi connectivity index (χ1v) is 6.28. The van der Waals surface area contributed by atoms with Crippen molar-refractivity contribution in [3.63, 3.8) is 0 Å². The maximum absolute atomic E-state index is 10.5. The summed E-state index contributed by atoms with van der Waals surface area (Å²) in [4.78, 5) is 10.5. The lowest BCUT2D eigenvalue weighted by Crippen LogP contribution is -2.36. The Kier molecular flexibility index (Phi) is 5.15. The zero-order valence-corrected chi connectivity index (χ0v) is 11.6. The third-order valence-corrected chi connectivity index (χ3v) is 3.04. The number of nitrogens with one attached hydrogen (secondary N) is 2. The molecule has 0 fully saturated rings. The molecule has 1 aromatic rings. The standard InChI is InChI=1S/C12H23N5O/c1-5-17-10(4)11(9(3)16-17)8(2)14-6-7-15-12(13)18/h8,14H,5-7H2,1-4H3,(H3,13,15,18). The molecule has 1 rings (SSSR count). The van der Waals surface area contributed by atoms with E-state index in [1.54, 1.807) is 0 Å². The van der Waals surface area contributed by atoms with Crippen molar-refractivity contribution >= 4 is 6.03 Å². The topological polar surface area (TPSA) is 85.0 Å². The predicted molar refractivity (Wildman–Crippen MR) is 71.4 cm³/mol. The largest absolute Gasteiger partial charge is 0.352 e. The minimum atomic E-state index is -0.490. The number of primary amides is 1. The monoisotopic (exact) mass is 253 g/mol. The Balaban J connectivity index is 2.58. The fourth-order valence-corrected chi connectivity index (χ4v) is 2.22. The van der Waals surface area contributed by atoms with Crippen LogP contribution in [0, 0.1) is 13.8 Å². The Labute approximate surface area is 108 Å². The zero-order valence-electron chi connectivity index (χ0n) is 11.6. The molecule has 1 aromatic heterocycles. The molecule has 1 unspecified atom stereocenters. The molecule has 0 aliphatic rings. The van der Waals surface area contributed by atoms with E-state index in [0.717, 1.165) is 12.2 Å².